The predicted molar refractivity (Wildman–Crippen MR) is 140 cm³/mol. The first kappa shape index (κ1) is 27.1. The van der Waals surface area contributed by atoms with Crippen molar-refractivity contribution in [3.8, 4) is 0 Å². The summed E-state index contributed by atoms with van der Waals surface area (Å²) < 4.78 is 32.9. The quantitative estimate of drug-likeness (QED) is 0.337. The molecule has 1 aliphatic carbocycles. The van der Waals surface area contributed by atoms with Crippen LogP contribution < -0.4 is 10.5 Å². The van der Waals surface area contributed by atoms with Crippen molar-refractivity contribution >= 4 is 44.8 Å². The van der Waals surface area contributed by atoms with E-state index < -0.39 is 28.4 Å². The fourth-order valence-electron chi connectivity index (χ4n) is 4.89. The maximum absolute atomic E-state index is 13.5. The predicted octanol–water partition coefficient (Wildman–Crippen LogP) is 2.56. The van der Waals surface area contributed by atoms with E-state index in [2.05, 4.69) is 24.5 Å². The Balaban J connectivity index is 1.35. The summed E-state index contributed by atoms with van der Waals surface area (Å²) in [5.41, 5.74) is 2.99. The van der Waals surface area contributed by atoms with Crippen LogP contribution in [0.3, 0.4) is 0 Å². The van der Waals surface area contributed by atoms with Crippen LogP contribution in [-0.4, -0.2) is 59.6 Å². The van der Waals surface area contributed by atoms with Gasteiger partial charge in [-0.2, -0.15) is 8.42 Å². The number of hydrogen-bond donors (Lipinski definition) is 3. The number of benzene rings is 1. The second kappa shape index (κ2) is 10.9. The summed E-state index contributed by atoms with van der Waals surface area (Å²) in [5, 5.41) is 19.3. The molecule has 3 heterocycles. The number of carbonyl (C=O) groups is 1. The molecule has 0 bridgehead atoms. The van der Waals surface area contributed by atoms with Gasteiger partial charge in [-0.1, -0.05) is 17.7 Å². The second-order valence-electron chi connectivity index (χ2n) is 9.34. The number of thiazole rings is 1. The minimum Gasteiger partial charge on any atom is -0.393 e. The Morgan fingerprint density at radius 3 is 2.97 bits per heavy atom. The van der Waals surface area contributed by atoms with Gasteiger partial charge < -0.3 is 15.2 Å². The standard InChI is InChI=1S/C24H26ClN5O6S2/c1-12-20(22-17-7-15(25)3-2-13(17)4-5-35-22)30-24(37-12)21(32)18-9-27-11-28-23(18)29-16-6-14(19(31)8-16)10-36-38(26,33)34/h2-3,7,9,11,14,16,19,22,31H,4-6,8,10H2,1H3,(H2,26,33,34)(H,27,28,29)/t14?,16-,19+,22?/m1/s1. The lowest BCUT2D eigenvalue weighted by Crippen LogP contribution is -2.24. The number of halogens is 1. The van der Waals surface area contributed by atoms with Crippen molar-refractivity contribution in [2.24, 2.45) is 11.1 Å². The Labute approximate surface area is 228 Å². The zero-order valence-electron chi connectivity index (χ0n) is 20.3. The summed E-state index contributed by atoms with van der Waals surface area (Å²) in [7, 11) is -4.11. The number of aliphatic hydroxyl groups is 1. The molecule has 0 saturated heterocycles. The van der Waals surface area contributed by atoms with E-state index in [-0.39, 0.29) is 29.0 Å². The third-order valence-corrected chi connectivity index (χ3v) is 8.41. The van der Waals surface area contributed by atoms with Crippen molar-refractivity contribution in [3.63, 3.8) is 0 Å². The second-order valence-corrected chi connectivity index (χ2v) is 12.2. The number of hydrogen-bond acceptors (Lipinski definition) is 11. The highest BCUT2D eigenvalue weighted by Gasteiger charge is 2.35. The van der Waals surface area contributed by atoms with Crippen LogP contribution in [0.25, 0.3) is 0 Å². The van der Waals surface area contributed by atoms with E-state index in [0.717, 1.165) is 22.4 Å². The number of nitrogens with two attached hydrogens (primary N) is 1. The molecule has 1 aliphatic heterocycles. The summed E-state index contributed by atoms with van der Waals surface area (Å²) in [4.78, 5) is 27.4. The normalized spacial score (nSPS) is 23.3. The van der Waals surface area contributed by atoms with Gasteiger partial charge in [-0.3, -0.25) is 8.98 Å². The van der Waals surface area contributed by atoms with Crippen LogP contribution >= 0.6 is 22.9 Å². The Morgan fingerprint density at radius 2 is 2.18 bits per heavy atom. The lowest BCUT2D eigenvalue weighted by Gasteiger charge is -2.25. The Kier molecular flexibility index (Phi) is 7.78. The SMILES string of the molecule is Cc1sc(C(=O)c2cncnc2N[C@@H]2CC(COS(N)(=O)=O)[C@@H](O)C2)nc1C1OCCc2ccc(Cl)cc21. The fourth-order valence-corrected chi connectivity index (χ4v) is 6.33. The van der Waals surface area contributed by atoms with Crippen molar-refractivity contribution in [2.75, 3.05) is 18.5 Å². The zero-order chi connectivity index (χ0) is 27.0. The van der Waals surface area contributed by atoms with Crippen LogP contribution in [-0.2, 0) is 25.6 Å². The number of anilines is 1. The van der Waals surface area contributed by atoms with Gasteiger partial charge in [0, 0.05) is 28.1 Å². The van der Waals surface area contributed by atoms with E-state index in [1.807, 2.05) is 25.1 Å². The van der Waals surface area contributed by atoms with E-state index in [0.29, 0.717) is 36.0 Å². The van der Waals surface area contributed by atoms with Gasteiger partial charge in [-0.05, 0) is 49.4 Å². The van der Waals surface area contributed by atoms with Gasteiger partial charge in [0.15, 0.2) is 5.01 Å². The first-order valence-corrected chi connectivity index (χ1v) is 14.6. The van der Waals surface area contributed by atoms with Gasteiger partial charge in [0.1, 0.15) is 18.2 Å². The number of rotatable bonds is 8. The molecule has 0 radical (unpaired) electrons. The molecule has 2 unspecified atom stereocenters. The number of ketones is 1. The largest absolute Gasteiger partial charge is 0.393 e. The Morgan fingerprint density at radius 1 is 1.37 bits per heavy atom. The molecule has 2 aliphatic rings. The van der Waals surface area contributed by atoms with Gasteiger partial charge in [-0.15, -0.1) is 11.3 Å². The lowest BCUT2D eigenvalue weighted by atomic mass is 9.95. The molecule has 3 aromatic rings. The van der Waals surface area contributed by atoms with Crippen molar-refractivity contribution in [3.05, 3.63) is 68.0 Å². The van der Waals surface area contributed by atoms with Crippen LogP contribution in [0.2, 0.25) is 5.02 Å². The lowest BCUT2D eigenvalue weighted by molar-refractivity contribution is 0.0670. The number of aryl methyl sites for hydroxylation is 1. The molecular weight excluding hydrogens is 554 g/mol. The van der Waals surface area contributed by atoms with Gasteiger partial charge in [0.25, 0.3) is 0 Å². The molecule has 202 valence electrons. The van der Waals surface area contributed by atoms with E-state index in [1.54, 1.807) is 0 Å². The van der Waals surface area contributed by atoms with Gasteiger partial charge in [0.2, 0.25) is 5.78 Å². The third kappa shape index (κ3) is 5.88. The molecule has 1 aromatic carbocycles. The van der Waals surface area contributed by atoms with Gasteiger partial charge >= 0.3 is 10.3 Å². The highest BCUT2D eigenvalue weighted by atomic mass is 35.5. The van der Waals surface area contributed by atoms with Crippen LogP contribution in [0.5, 0.6) is 0 Å². The molecule has 1 saturated carbocycles. The third-order valence-electron chi connectivity index (χ3n) is 6.72. The number of aliphatic hydroxyl groups excluding tert-OH is 1. The highest BCUT2D eigenvalue weighted by Crippen LogP contribution is 2.37. The fraction of sp³-hybridized carbons (Fsp3) is 0.417. The van der Waals surface area contributed by atoms with Crippen molar-refractivity contribution in [1.82, 2.24) is 15.0 Å². The average molecular weight is 580 g/mol. The number of nitrogens with one attached hydrogen (secondary N) is 1. The average Bonchev–Trinajstić information content (AvgIpc) is 3.43. The number of ether oxygens (including phenoxy) is 1. The van der Waals surface area contributed by atoms with E-state index >= 15 is 0 Å². The smallest absolute Gasteiger partial charge is 0.333 e. The summed E-state index contributed by atoms with van der Waals surface area (Å²) in [6.07, 6.45) is 3.02. The van der Waals surface area contributed by atoms with E-state index in [9.17, 15) is 18.3 Å². The zero-order valence-corrected chi connectivity index (χ0v) is 22.7. The van der Waals surface area contributed by atoms with Crippen LogP contribution in [0.4, 0.5) is 5.82 Å². The monoisotopic (exact) mass is 579 g/mol. The number of nitrogens with zero attached hydrogens (tertiary/aromatic N) is 3. The van der Waals surface area contributed by atoms with E-state index in [4.69, 9.17) is 21.5 Å². The molecule has 4 N–H and O–H groups in total. The summed E-state index contributed by atoms with van der Waals surface area (Å²) in [6.45, 7) is 2.21. The van der Waals surface area contributed by atoms with Gasteiger partial charge in [0.05, 0.1) is 30.6 Å². The molecule has 5 rings (SSSR count). The number of aromatic nitrogens is 3. The van der Waals surface area contributed by atoms with E-state index in [1.165, 1.54) is 23.9 Å². The highest BCUT2D eigenvalue weighted by molar-refractivity contribution is 7.84. The summed E-state index contributed by atoms with van der Waals surface area (Å²) in [6, 6.07) is 5.46. The number of carbonyl (C=O) groups excluding carboxylic acids is 1. The molecule has 38 heavy (non-hydrogen) atoms. The maximum atomic E-state index is 13.5. The van der Waals surface area contributed by atoms with Crippen LogP contribution in [0.15, 0.2) is 30.7 Å². The van der Waals surface area contributed by atoms with Gasteiger partial charge in [-0.25, -0.2) is 20.1 Å². The Hall–Kier alpha value is -2.52. The molecule has 11 nitrogen and oxygen atoms in total. The minimum atomic E-state index is -4.11. The summed E-state index contributed by atoms with van der Waals surface area (Å²) in [5.74, 6) is -0.485. The number of fused-ring (bicyclic) bond motifs is 1. The molecule has 4 atom stereocenters. The molecule has 14 heteroatoms. The van der Waals surface area contributed by atoms with Crippen molar-refractivity contribution in [1.29, 1.82) is 0 Å². The van der Waals surface area contributed by atoms with Crippen LogP contribution in [0.1, 0.15) is 56.0 Å². The molecule has 1 fully saturated rings. The first-order valence-electron chi connectivity index (χ1n) is 11.9. The van der Waals surface area contributed by atoms with Crippen LogP contribution in [0, 0.1) is 12.8 Å². The minimum absolute atomic E-state index is 0.230. The topological polar surface area (TPSA) is 167 Å². The van der Waals surface area contributed by atoms with Crippen molar-refractivity contribution < 1.29 is 27.2 Å². The molecule has 0 spiro atoms. The van der Waals surface area contributed by atoms with Crippen molar-refractivity contribution in [2.45, 2.75) is 44.4 Å². The molecule has 2 aromatic heterocycles. The Bertz CT molecular complexity index is 1470. The molecular formula is C24H26ClN5O6S2. The summed E-state index contributed by atoms with van der Waals surface area (Å²) >= 11 is 7.51. The molecule has 0 amide bonds. The maximum Gasteiger partial charge on any atom is 0.333 e. The first-order chi connectivity index (χ1) is 18.1.